The molecule has 0 aromatic heterocycles. The van der Waals surface area contributed by atoms with Crippen LogP contribution >= 0.6 is 47.0 Å². The number of nitrogens with zero attached hydrogens (tertiary/aromatic N) is 1. The van der Waals surface area contributed by atoms with E-state index in [0.29, 0.717) is 5.69 Å². The maximum Gasteiger partial charge on any atom is 0.269 e. The summed E-state index contributed by atoms with van der Waals surface area (Å²) < 4.78 is -1.83. The Balaban J connectivity index is 2.71. The second-order valence-electron chi connectivity index (χ2n) is 4.08. The van der Waals surface area contributed by atoms with Crippen LogP contribution in [0.1, 0.15) is 6.92 Å². The molecule has 0 bridgehead atoms. The number of hydrogen-bond donors (Lipinski definition) is 3. The number of halogens is 3. The minimum atomic E-state index is -1.83. The van der Waals surface area contributed by atoms with E-state index in [0.717, 1.165) is 0 Å². The standard InChI is InChI=1S/C11H11Cl3N4O3S/c1-6(19)15-9(11(12,13)14)17-10(22)16-7-2-4-8(5-3-7)18(20)21/h2-5,9H,1H3,(H,15,19)(H2,16,17,22)/t9-/m0/s1. The van der Waals surface area contributed by atoms with Crippen molar-refractivity contribution >= 4 is 69.4 Å². The summed E-state index contributed by atoms with van der Waals surface area (Å²) in [6, 6.07) is 5.56. The highest BCUT2D eigenvalue weighted by atomic mass is 35.6. The van der Waals surface area contributed by atoms with Gasteiger partial charge in [-0.25, -0.2) is 0 Å². The number of thiocarbonyl (C=S) groups is 1. The molecule has 1 atom stereocenters. The highest BCUT2D eigenvalue weighted by Gasteiger charge is 2.33. The first-order chi connectivity index (χ1) is 10.1. The number of amides is 1. The zero-order valence-electron chi connectivity index (χ0n) is 11.1. The van der Waals surface area contributed by atoms with Crippen molar-refractivity contribution < 1.29 is 9.72 Å². The van der Waals surface area contributed by atoms with E-state index >= 15 is 0 Å². The number of benzene rings is 1. The van der Waals surface area contributed by atoms with Crippen molar-refractivity contribution in [3.8, 4) is 0 Å². The van der Waals surface area contributed by atoms with Crippen molar-refractivity contribution in [2.75, 3.05) is 5.32 Å². The third kappa shape index (κ3) is 6.18. The number of nitro benzene ring substituents is 1. The van der Waals surface area contributed by atoms with Gasteiger partial charge in [-0.1, -0.05) is 34.8 Å². The lowest BCUT2D eigenvalue weighted by atomic mass is 10.3. The number of non-ortho nitro benzene ring substituents is 1. The molecule has 0 aliphatic rings. The molecule has 7 nitrogen and oxygen atoms in total. The molecule has 120 valence electrons. The van der Waals surface area contributed by atoms with E-state index in [2.05, 4.69) is 16.0 Å². The largest absolute Gasteiger partial charge is 0.339 e. The van der Waals surface area contributed by atoms with Crippen LogP contribution in [0.5, 0.6) is 0 Å². The summed E-state index contributed by atoms with van der Waals surface area (Å²) in [6.07, 6.45) is -1.05. The summed E-state index contributed by atoms with van der Waals surface area (Å²) in [5.41, 5.74) is 0.441. The molecule has 0 radical (unpaired) electrons. The van der Waals surface area contributed by atoms with E-state index in [1.54, 1.807) is 0 Å². The van der Waals surface area contributed by atoms with Crippen LogP contribution in [-0.4, -0.2) is 25.9 Å². The number of nitrogens with one attached hydrogen (secondary N) is 3. The molecule has 0 saturated carbocycles. The predicted molar refractivity (Wildman–Crippen MR) is 90.3 cm³/mol. The molecule has 1 aromatic carbocycles. The molecule has 1 rings (SSSR count). The number of carbonyl (C=O) groups is 1. The monoisotopic (exact) mass is 384 g/mol. The van der Waals surface area contributed by atoms with Crippen LogP contribution in [0.4, 0.5) is 11.4 Å². The summed E-state index contributed by atoms with van der Waals surface area (Å²) >= 11 is 22.2. The van der Waals surface area contributed by atoms with Crippen molar-refractivity contribution in [3.63, 3.8) is 0 Å². The Morgan fingerprint density at radius 3 is 2.23 bits per heavy atom. The van der Waals surface area contributed by atoms with E-state index in [1.807, 2.05) is 0 Å². The molecule has 0 saturated heterocycles. The van der Waals surface area contributed by atoms with Crippen LogP contribution in [0, 0.1) is 10.1 Å². The lowest BCUT2D eigenvalue weighted by Gasteiger charge is -2.27. The lowest BCUT2D eigenvalue weighted by Crippen LogP contribution is -2.55. The van der Waals surface area contributed by atoms with Crippen molar-refractivity contribution in [1.29, 1.82) is 0 Å². The normalized spacial score (nSPS) is 12.2. The van der Waals surface area contributed by atoms with Crippen LogP contribution in [0.15, 0.2) is 24.3 Å². The molecule has 11 heteroatoms. The molecule has 22 heavy (non-hydrogen) atoms. The quantitative estimate of drug-likeness (QED) is 0.242. The number of hydrogen-bond acceptors (Lipinski definition) is 4. The molecule has 0 aliphatic carbocycles. The van der Waals surface area contributed by atoms with Gasteiger partial charge < -0.3 is 16.0 Å². The SMILES string of the molecule is CC(=O)N[C@@H](NC(=S)Nc1ccc([N+](=O)[O-])cc1)C(Cl)(Cl)Cl. The maximum absolute atomic E-state index is 11.1. The van der Waals surface area contributed by atoms with E-state index in [4.69, 9.17) is 47.0 Å². The van der Waals surface area contributed by atoms with Crippen LogP contribution in [0.25, 0.3) is 0 Å². The second-order valence-corrected chi connectivity index (χ2v) is 6.85. The Morgan fingerprint density at radius 1 is 1.27 bits per heavy atom. The number of nitro groups is 1. The Labute approximate surface area is 146 Å². The minimum absolute atomic E-state index is 0.0539. The first-order valence-electron chi connectivity index (χ1n) is 5.75. The van der Waals surface area contributed by atoms with Gasteiger partial charge in [-0.3, -0.25) is 14.9 Å². The number of anilines is 1. The molecule has 0 aliphatic heterocycles. The van der Waals surface area contributed by atoms with Gasteiger partial charge >= 0.3 is 0 Å². The lowest BCUT2D eigenvalue weighted by molar-refractivity contribution is -0.384. The maximum atomic E-state index is 11.1. The van der Waals surface area contributed by atoms with Crippen LogP contribution < -0.4 is 16.0 Å². The fraction of sp³-hybridized carbons (Fsp3) is 0.273. The number of carbonyl (C=O) groups excluding carboxylic acids is 1. The van der Waals surface area contributed by atoms with E-state index < -0.39 is 20.8 Å². The average molecular weight is 386 g/mol. The molecular weight excluding hydrogens is 375 g/mol. The molecule has 0 heterocycles. The highest BCUT2D eigenvalue weighted by Crippen LogP contribution is 2.29. The van der Waals surface area contributed by atoms with Crippen molar-refractivity contribution in [1.82, 2.24) is 10.6 Å². The first kappa shape index (κ1) is 18.7. The van der Waals surface area contributed by atoms with Gasteiger partial charge in [-0.2, -0.15) is 0 Å². The summed E-state index contributed by atoms with van der Waals surface area (Å²) in [6.45, 7) is 1.26. The van der Waals surface area contributed by atoms with Gasteiger partial charge in [0.15, 0.2) is 5.11 Å². The highest BCUT2D eigenvalue weighted by molar-refractivity contribution is 7.80. The van der Waals surface area contributed by atoms with Gasteiger partial charge in [0.25, 0.3) is 5.69 Å². The van der Waals surface area contributed by atoms with Crippen molar-refractivity contribution in [2.24, 2.45) is 0 Å². The van der Waals surface area contributed by atoms with E-state index in [9.17, 15) is 14.9 Å². The van der Waals surface area contributed by atoms with Gasteiger partial charge in [0.2, 0.25) is 9.70 Å². The van der Waals surface area contributed by atoms with Crippen molar-refractivity contribution in [3.05, 3.63) is 34.4 Å². The minimum Gasteiger partial charge on any atom is -0.339 e. The second kappa shape index (κ2) is 7.77. The summed E-state index contributed by atoms with van der Waals surface area (Å²) in [5, 5.41) is 18.4. The van der Waals surface area contributed by atoms with Crippen molar-refractivity contribution in [2.45, 2.75) is 16.9 Å². The van der Waals surface area contributed by atoms with Gasteiger partial charge in [0.1, 0.15) is 6.17 Å². The third-order valence-corrected chi connectivity index (χ3v) is 3.16. The zero-order valence-corrected chi connectivity index (χ0v) is 14.2. The van der Waals surface area contributed by atoms with E-state index in [1.165, 1.54) is 31.2 Å². The topological polar surface area (TPSA) is 96.3 Å². The van der Waals surface area contributed by atoms with Gasteiger partial charge in [-0.05, 0) is 24.4 Å². The summed E-state index contributed by atoms with van der Waals surface area (Å²) in [7, 11) is 0. The Hall–Kier alpha value is -1.35. The zero-order chi connectivity index (χ0) is 16.9. The Morgan fingerprint density at radius 2 is 1.82 bits per heavy atom. The smallest absolute Gasteiger partial charge is 0.269 e. The van der Waals surface area contributed by atoms with Crippen LogP contribution in [0.2, 0.25) is 0 Å². The molecule has 3 N–H and O–H groups in total. The predicted octanol–water partition coefficient (Wildman–Crippen LogP) is 2.71. The Kier molecular flexibility index (Phi) is 6.61. The molecule has 0 spiro atoms. The number of rotatable bonds is 4. The molecule has 0 unspecified atom stereocenters. The molecule has 0 fully saturated rings. The molecular formula is C11H11Cl3N4O3S. The fourth-order valence-corrected chi connectivity index (χ4v) is 1.93. The third-order valence-electron chi connectivity index (χ3n) is 2.29. The van der Waals surface area contributed by atoms with Gasteiger partial charge in [-0.15, -0.1) is 0 Å². The van der Waals surface area contributed by atoms with E-state index in [-0.39, 0.29) is 10.8 Å². The van der Waals surface area contributed by atoms with Crippen LogP contribution in [0.3, 0.4) is 0 Å². The van der Waals surface area contributed by atoms with Gasteiger partial charge in [0.05, 0.1) is 4.92 Å². The van der Waals surface area contributed by atoms with Crippen LogP contribution in [-0.2, 0) is 4.79 Å². The Bertz CT molecular complexity index is 577. The molecule has 1 amide bonds. The fourth-order valence-electron chi connectivity index (χ4n) is 1.37. The summed E-state index contributed by atoms with van der Waals surface area (Å²) in [4.78, 5) is 21.1. The summed E-state index contributed by atoms with van der Waals surface area (Å²) in [5.74, 6) is -0.415. The van der Waals surface area contributed by atoms with Gasteiger partial charge in [0, 0.05) is 24.7 Å². The first-order valence-corrected chi connectivity index (χ1v) is 7.29. The molecule has 1 aromatic rings. The number of alkyl halides is 3. The average Bonchev–Trinajstić information content (AvgIpc) is 2.36.